The average molecular weight is 519 g/mol. The summed E-state index contributed by atoms with van der Waals surface area (Å²) in [6, 6.07) is 13.3. The second kappa shape index (κ2) is 9.55. The van der Waals surface area contributed by atoms with Gasteiger partial charge < -0.3 is 19.9 Å². The third-order valence-electron chi connectivity index (χ3n) is 6.37. The van der Waals surface area contributed by atoms with Gasteiger partial charge in [0.15, 0.2) is 11.6 Å². The number of carbonyl (C=O) groups is 1. The van der Waals surface area contributed by atoms with Gasteiger partial charge in [0.1, 0.15) is 11.4 Å². The molecule has 1 amide bonds. The number of thiophene rings is 1. The van der Waals surface area contributed by atoms with E-state index >= 15 is 4.39 Å². The molecule has 2 aromatic carbocycles. The third-order valence-corrected chi connectivity index (χ3v) is 7.29. The van der Waals surface area contributed by atoms with Crippen LogP contribution in [0.1, 0.15) is 16.9 Å². The number of hydrogen-bond acceptors (Lipinski definition) is 7. The molecular formula is C27H23FN4O4S. The van der Waals surface area contributed by atoms with Gasteiger partial charge in [-0.3, -0.25) is 9.48 Å². The van der Waals surface area contributed by atoms with Crippen LogP contribution in [0.15, 0.2) is 60.1 Å². The Kier molecular flexibility index (Phi) is 6.07. The number of amides is 1. The van der Waals surface area contributed by atoms with Crippen molar-refractivity contribution in [3.8, 4) is 22.6 Å². The number of aliphatic hydroxyl groups is 1. The van der Waals surface area contributed by atoms with E-state index in [1.165, 1.54) is 23.5 Å². The van der Waals surface area contributed by atoms with E-state index in [0.717, 1.165) is 16.5 Å². The van der Waals surface area contributed by atoms with E-state index in [1.807, 2.05) is 36.8 Å². The summed E-state index contributed by atoms with van der Waals surface area (Å²) in [5.74, 6) is -0.640. The minimum atomic E-state index is -0.691. The lowest BCUT2D eigenvalue weighted by molar-refractivity contribution is -0.0140. The lowest BCUT2D eigenvalue weighted by atomic mass is 10.0. The molecule has 2 N–H and O–H groups in total. The number of nitrogens with zero attached hydrogens (tertiary/aromatic N) is 3. The summed E-state index contributed by atoms with van der Waals surface area (Å²) in [7, 11) is 1.85. The van der Waals surface area contributed by atoms with Crippen LogP contribution >= 0.6 is 11.3 Å². The summed E-state index contributed by atoms with van der Waals surface area (Å²) in [6.07, 6.45) is 1.66. The number of aliphatic hydroxyl groups excluding tert-OH is 1. The molecule has 8 nitrogen and oxygen atoms in total. The van der Waals surface area contributed by atoms with Gasteiger partial charge in [0.2, 0.25) is 0 Å². The van der Waals surface area contributed by atoms with Crippen molar-refractivity contribution in [1.29, 1.82) is 0 Å². The maximum Gasteiger partial charge on any atom is 0.270 e. The molecule has 0 bridgehead atoms. The second-order valence-electron chi connectivity index (χ2n) is 8.94. The molecule has 1 fully saturated rings. The van der Waals surface area contributed by atoms with E-state index in [2.05, 4.69) is 15.4 Å². The Hall–Kier alpha value is -3.86. The summed E-state index contributed by atoms with van der Waals surface area (Å²) < 4.78 is 29.1. The summed E-state index contributed by atoms with van der Waals surface area (Å²) in [5, 5.41) is 20.1. The van der Waals surface area contributed by atoms with Crippen LogP contribution in [0, 0.1) is 5.82 Å². The van der Waals surface area contributed by atoms with E-state index in [0.29, 0.717) is 34.6 Å². The first-order valence-corrected chi connectivity index (χ1v) is 12.7. The van der Waals surface area contributed by atoms with E-state index in [1.54, 1.807) is 22.9 Å². The van der Waals surface area contributed by atoms with Crippen LogP contribution in [0.4, 0.5) is 4.39 Å². The Morgan fingerprint density at radius 2 is 2.11 bits per heavy atom. The highest BCUT2D eigenvalue weighted by molar-refractivity contribution is 7.17. The molecule has 6 rings (SSSR count). The Morgan fingerprint density at radius 3 is 2.95 bits per heavy atom. The smallest absolute Gasteiger partial charge is 0.270 e. The highest BCUT2D eigenvalue weighted by Crippen LogP contribution is 2.36. The molecule has 0 unspecified atom stereocenters. The topological polar surface area (TPSA) is 98.5 Å². The molecule has 0 saturated carbocycles. The molecule has 10 heteroatoms. The number of aromatic nitrogens is 3. The second-order valence-corrected chi connectivity index (χ2v) is 9.86. The number of aryl methyl sites for hydroxylation is 1. The molecule has 1 aliphatic rings. The normalized spacial score (nSPS) is 17.8. The number of benzene rings is 2. The molecule has 5 aromatic rings. The van der Waals surface area contributed by atoms with Gasteiger partial charge in [-0.05, 0) is 47.2 Å². The summed E-state index contributed by atoms with van der Waals surface area (Å²) in [4.78, 5) is 17.4. The van der Waals surface area contributed by atoms with Gasteiger partial charge in [-0.25, -0.2) is 9.37 Å². The molecular weight excluding hydrogens is 495 g/mol. The Balaban J connectivity index is 1.30. The van der Waals surface area contributed by atoms with Crippen molar-refractivity contribution in [2.75, 3.05) is 13.2 Å². The lowest BCUT2D eigenvalue weighted by Crippen LogP contribution is -2.49. The number of nitrogens with one attached hydrogen (secondary N) is 1. The summed E-state index contributed by atoms with van der Waals surface area (Å²) in [5.41, 5.74) is 3.07. The number of halogens is 1. The molecule has 37 heavy (non-hydrogen) atoms. The van der Waals surface area contributed by atoms with Crippen molar-refractivity contribution in [1.82, 2.24) is 20.1 Å². The number of pyridine rings is 1. The van der Waals surface area contributed by atoms with Gasteiger partial charge in [-0.15, -0.1) is 11.3 Å². The van der Waals surface area contributed by atoms with Crippen molar-refractivity contribution >= 4 is 38.4 Å². The van der Waals surface area contributed by atoms with Gasteiger partial charge in [0.25, 0.3) is 5.91 Å². The van der Waals surface area contributed by atoms with Crippen molar-refractivity contribution in [3.63, 3.8) is 0 Å². The van der Waals surface area contributed by atoms with Gasteiger partial charge >= 0.3 is 0 Å². The minimum Gasteiger partial charge on any atom is -0.453 e. The van der Waals surface area contributed by atoms with Crippen LogP contribution in [0.2, 0.25) is 0 Å². The number of rotatable bonds is 5. The Morgan fingerprint density at radius 1 is 1.22 bits per heavy atom. The molecule has 4 heterocycles. The molecule has 0 radical (unpaired) electrons. The maximum absolute atomic E-state index is 15.3. The fourth-order valence-electron chi connectivity index (χ4n) is 4.51. The van der Waals surface area contributed by atoms with Crippen LogP contribution < -0.4 is 10.1 Å². The largest absolute Gasteiger partial charge is 0.453 e. The zero-order valence-corrected chi connectivity index (χ0v) is 20.7. The lowest BCUT2D eigenvalue weighted by Gasteiger charge is -2.28. The minimum absolute atomic E-state index is 0.0328. The maximum atomic E-state index is 15.3. The van der Waals surface area contributed by atoms with E-state index in [-0.39, 0.29) is 18.1 Å². The van der Waals surface area contributed by atoms with Crippen molar-refractivity contribution in [2.24, 2.45) is 7.05 Å². The summed E-state index contributed by atoms with van der Waals surface area (Å²) in [6.45, 7) is 0.674. The molecule has 188 valence electrons. The van der Waals surface area contributed by atoms with Crippen molar-refractivity contribution in [2.45, 2.75) is 18.6 Å². The average Bonchev–Trinajstić information content (AvgIpc) is 3.52. The van der Waals surface area contributed by atoms with Crippen LogP contribution in [0.25, 0.3) is 32.2 Å². The van der Waals surface area contributed by atoms with Gasteiger partial charge in [0, 0.05) is 31.3 Å². The monoisotopic (exact) mass is 518 g/mol. The zero-order valence-electron chi connectivity index (χ0n) is 19.8. The van der Waals surface area contributed by atoms with Gasteiger partial charge in [-0.1, -0.05) is 18.2 Å². The highest BCUT2D eigenvalue weighted by Gasteiger charge is 2.26. The van der Waals surface area contributed by atoms with Crippen LogP contribution in [-0.4, -0.2) is 51.1 Å². The molecule has 1 saturated heterocycles. The standard InChI is InChI=1S/C27H23FN4O4S/c1-32-13-17-16(3-2-4-19(17)31-32)15-5-6-24(18(28)11-15)36-25-12-21(29-20-8-10-37-26(20)25)27(34)30-22-14-35-9-7-23(22)33/h2-6,8,10-13,22-23,33H,7,9,14H2,1H3,(H,30,34)/t22-,23-/m0/s1. The van der Waals surface area contributed by atoms with E-state index < -0.39 is 23.9 Å². The van der Waals surface area contributed by atoms with Crippen LogP contribution in [-0.2, 0) is 11.8 Å². The molecule has 2 atom stereocenters. The van der Waals surface area contributed by atoms with Crippen molar-refractivity contribution in [3.05, 3.63) is 71.6 Å². The van der Waals surface area contributed by atoms with Crippen LogP contribution in [0.5, 0.6) is 11.5 Å². The Bertz CT molecular complexity index is 1630. The van der Waals surface area contributed by atoms with Gasteiger partial charge in [-0.2, -0.15) is 5.10 Å². The van der Waals surface area contributed by atoms with Gasteiger partial charge in [0.05, 0.1) is 34.5 Å². The quantitative estimate of drug-likeness (QED) is 0.351. The number of hydrogen-bond donors (Lipinski definition) is 2. The number of ether oxygens (including phenoxy) is 2. The molecule has 0 aliphatic carbocycles. The Labute approximate surface area is 215 Å². The first-order chi connectivity index (χ1) is 18.0. The molecule has 3 aromatic heterocycles. The zero-order chi connectivity index (χ0) is 25.5. The highest BCUT2D eigenvalue weighted by atomic mass is 32.1. The molecule has 1 aliphatic heterocycles. The third kappa shape index (κ3) is 4.55. The fraction of sp³-hybridized carbons (Fsp3) is 0.222. The SMILES string of the molecule is Cn1cc2c(-c3ccc(Oc4cc(C(=O)N[C@H]5COCC[C@@H]5O)nc5ccsc45)c(F)c3)cccc2n1. The molecule has 0 spiro atoms. The predicted molar refractivity (Wildman–Crippen MR) is 138 cm³/mol. The number of carbonyl (C=O) groups excluding carboxylic acids is 1. The number of fused-ring (bicyclic) bond motifs is 2. The van der Waals surface area contributed by atoms with Crippen molar-refractivity contribution < 1.29 is 23.8 Å². The first-order valence-electron chi connectivity index (χ1n) is 11.8. The fourth-order valence-corrected chi connectivity index (χ4v) is 5.29. The van der Waals surface area contributed by atoms with E-state index in [9.17, 15) is 9.90 Å². The van der Waals surface area contributed by atoms with E-state index in [4.69, 9.17) is 9.47 Å². The first kappa shape index (κ1) is 23.5. The van der Waals surface area contributed by atoms with Crippen LogP contribution in [0.3, 0.4) is 0 Å². The predicted octanol–water partition coefficient (Wildman–Crippen LogP) is 4.66. The summed E-state index contributed by atoms with van der Waals surface area (Å²) >= 11 is 1.39.